The van der Waals surface area contributed by atoms with Crippen molar-refractivity contribution in [3.63, 3.8) is 0 Å². The number of ether oxygens (including phenoxy) is 2. The van der Waals surface area contributed by atoms with Crippen LogP contribution in [0.5, 0.6) is 11.5 Å². The van der Waals surface area contributed by atoms with Crippen LogP contribution >= 0.6 is 0 Å². The van der Waals surface area contributed by atoms with Gasteiger partial charge in [-0.25, -0.2) is 4.98 Å². The van der Waals surface area contributed by atoms with Gasteiger partial charge in [0.05, 0.1) is 30.8 Å². The largest absolute Gasteiger partial charge is 0.497 e. The van der Waals surface area contributed by atoms with E-state index in [9.17, 15) is 4.79 Å². The summed E-state index contributed by atoms with van der Waals surface area (Å²) in [6.45, 7) is 1.40. The van der Waals surface area contributed by atoms with Gasteiger partial charge in [0, 0.05) is 36.5 Å². The number of hydrogen-bond acceptors (Lipinski definition) is 5. The van der Waals surface area contributed by atoms with E-state index in [0.717, 1.165) is 45.0 Å². The first kappa shape index (κ1) is 23.3. The number of benzene rings is 3. The summed E-state index contributed by atoms with van der Waals surface area (Å²) in [5, 5.41) is 4.06. The summed E-state index contributed by atoms with van der Waals surface area (Å²) in [5.41, 5.74) is 6.58. The van der Waals surface area contributed by atoms with E-state index < -0.39 is 0 Å². The second-order valence-electron chi connectivity index (χ2n) is 8.51. The summed E-state index contributed by atoms with van der Waals surface area (Å²) in [6, 6.07) is 28.0. The van der Waals surface area contributed by atoms with Gasteiger partial charge < -0.3 is 19.8 Å². The normalized spacial score (nSPS) is 10.9. The molecule has 0 amide bonds. The van der Waals surface area contributed by atoms with Crippen molar-refractivity contribution in [3.8, 4) is 33.9 Å². The number of aromatic nitrogens is 2. The van der Waals surface area contributed by atoms with Crippen molar-refractivity contribution in [2.24, 2.45) is 0 Å². The summed E-state index contributed by atoms with van der Waals surface area (Å²) in [6.07, 6.45) is 1.64. The molecule has 6 nitrogen and oxygen atoms in total. The Morgan fingerprint density at radius 1 is 0.778 bits per heavy atom. The highest BCUT2D eigenvalue weighted by Gasteiger charge is 2.13. The van der Waals surface area contributed by atoms with Crippen molar-refractivity contribution < 1.29 is 9.47 Å². The topological polar surface area (TPSA) is 76.2 Å². The second-order valence-corrected chi connectivity index (χ2v) is 8.51. The van der Waals surface area contributed by atoms with Crippen LogP contribution in [0.2, 0.25) is 0 Å². The molecule has 0 unspecified atom stereocenters. The van der Waals surface area contributed by atoms with Crippen molar-refractivity contribution in [2.45, 2.75) is 13.1 Å². The molecule has 0 saturated heterocycles. The lowest BCUT2D eigenvalue weighted by Gasteiger charge is -2.12. The molecule has 0 spiro atoms. The molecule has 0 aliphatic rings. The molecule has 0 fully saturated rings. The highest BCUT2D eigenvalue weighted by molar-refractivity contribution is 5.91. The van der Waals surface area contributed by atoms with Gasteiger partial charge in [-0.2, -0.15) is 0 Å². The zero-order chi connectivity index (χ0) is 24.9. The number of hydrogen-bond donors (Lipinski definition) is 2. The van der Waals surface area contributed by atoms with Gasteiger partial charge in [0.15, 0.2) is 0 Å². The van der Waals surface area contributed by atoms with Gasteiger partial charge in [0.2, 0.25) is 0 Å². The summed E-state index contributed by atoms with van der Waals surface area (Å²) in [7, 11) is 3.30. The van der Waals surface area contributed by atoms with E-state index in [1.165, 1.54) is 0 Å². The monoisotopic (exact) mass is 477 g/mol. The minimum absolute atomic E-state index is 0.140. The van der Waals surface area contributed by atoms with Crippen molar-refractivity contribution in [2.75, 3.05) is 14.2 Å². The second kappa shape index (κ2) is 10.5. The molecule has 2 N–H and O–H groups in total. The lowest BCUT2D eigenvalue weighted by molar-refractivity contribution is 0.393. The molecule has 5 aromatic rings. The van der Waals surface area contributed by atoms with Gasteiger partial charge in [-0.1, -0.05) is 54.6 Å². The maximum absolute atomic E-state index is 12.4. The van der Waals surface area contributed by atoms with Gasteiger partial charge in [0.25, 0.3) is 5.56 Å². The van der Waals surface area contributed by atoms with Gasteiger partial charge >= 0.3 is 0 Å². The number of pyridine rings is 2. The molecule has 2 aromatic heterocycles. The Balaban J connectivity index is 1.39. The Hall–Kier alpha value is -4.42. The van der Waals surface area contributed by atoms with Crippen LogP contribution in [0.4, 0.5) is 0 Å². The van der Waals surface area contributed by atoms with Crippen LogP contribution in [0, 0.1) is 0 Å². The number of aromatic amines is 1. The number of methoxy groups -OCH3 is 2. The van der Waals surface area contributed by atoms with E-state index in [1.807, 2.05) is 60.7 Å². The molecule has 0 aliphatic carbocycles. The zero-order valence-electron chi connectivity index (χ0n) is 20.2. The third-order valence-electron chi connectivity index (χ3n) is 6.13. The molecule has 6 heteroatoms. The third kappa shape index (κ3) is 4.99. The lowest BCUT2D eigenvalue weighted by Crippen LogP contribution is -2.12. The molecule has 0 aliphatic heterocycles. The highest BCUT2D eigenvalue weighted by Crippen LogP contribution is 2.32. The fraction of sp³-hybridized carbons (Fsp3) is 0.133. The summed E-state index contributed by atoms with van der Waals surface area (Å²) in [5.74, 6) is 1.55. The Labute approximate surface area is 209 Å². The van der Waals surface area contributed by atoms with Gasteiger partial charge in [-0.15, -0.1) is 0 Å². The Morgan fingerprint density at radius 2 is 1.47 bits per heavy atom. The Kier molecular flexibility index (Phi) is 6.78. The highest BCUT2D eigenvalue weighted by atomic mass is 16.5. The zero-order valence-corrected chi connectivity index (χ0v) is 20.2. The summed E-state index contributed by atoms with van der Waals surface area (Å²) >= 11 is 0. The van der Waals surface area contributed by atoms with Crippen LogP contribution in [0.3, 0.4) is 0 Å². The van der Waals surface area contributed by atoms with E-state index in [1.54, 1.807) is 20.4 Å². The smallest absolute Gasteiger partial charge is 0.257 e. The molecular weight excluding hydrogens is 450 g/mol. The molecule has 180 valence electrons. The van der Waals surface area contributed by atoms with Crippen molar-refractivity contribution in [1.29, 1.82) is 0 Å². The number of nitrogens with zero attached hydrogens (tertiary/aromatic N) is 1. The number of rotatable bonds is 8. The maximum atomic E-state index is 12.4. The SMILES string of the molecule is COc1cc(CNCc2ccc(-c3nc4cc[nH]c(=O)c4cc3-c3ccccc3)cc2)cc(OC)c1. The molecule has 0 atom stereocenters. The van der Waals surface area contributed by atoms with E-state index in [4.69, 9.17) is 14.5 Å². The number of H-pyrrole nitrogens is 1. The van der Waals surface area contributed by atoms with E-state index >= 15 is 0 Å². The van der Waals surface area contributed by atoms with Crippen LogP contribution in [-0.2, 0) is 13.1 Å². The van der Waals surface area contributed by atoms with Gasteiger partial charge in [-0.3, -0.25) is 4.79 Å². The van der Waals surface area contributed by atoms with E-state index in [0.29, 0.717) is 24.0 Å². The molecule has 36 heavy (non-hydrogen) atoms. The van der Waals surface area contributed by atoms with E-state index in [2.05, 4.69) is 34.6 Å². The average molecular weight is 478 g/mol. The van der Waals surface area contributed by atoms with E-state index in [-0.39, 0.29) is 5.56 Å². The molecule has 2 heterocycles. The van der Waals surface area contributed by atoms with Gasteiger partial charge in [0.1, 0.15) is 11.5 Å². The first-order valence-corrected chi connectivity index (χ1v) is 11.7. The average Bonchev–Trinajstić information content (AvgIpc) is 2.93. The van der Waals surface area contributed by atoms with Crippen LogP contribution in [0.1, 0.15) is 11.1 Å². The van der Waals surface area contributed by atoms with Crippen molar-refractivity contribution >= 4 is 10.9 Å². The van der Waals surface area contributed by atoms with Crippen LogP contribution in [-0.4, -0.2) is 24.2 Å². The Morgan fingerprint density at radius 3 is 2.17 bits per heavy atom. The quantitative estimate of drug-likeness (QED) is 0.306. The predicted octanol–water partition coefficient (Wildman–Crippen LogP) is 5.56. The lowest BCUT2D eigenvalue weighted by atomic mass is 9.97. The standard InChI is InChI=1S/C30H27N3O3/c1-35-24-14-21(15-25(16-24)36-2)19-31-18-20-8-10-23(11-9-20)29-26(22-6-4-3-5-7-22)17-27-28(33-29)12-13-32-30(27)34/h3-17,31H,18-19H2,1-2H3,(H,32,34). The van der Waals surface area contributed by atoms with Crippen LogP contribution in [0.15, 0.2) is 95.9 Å². The first-order valence-electron chi connectivity index (χ1n) is 11.7. The number of nitrogens with one attached hydrogen (secondary N) is 2. The molecule has 0 radical (unpaired) electrons. The Bertz CT molecular complexity index is 1520. The third-order valence-corrected chi connectivity index (χ3v) is 6.13. The van der Waals surface area contributed by atoms with Crippen molar-refractivity contribution in [3.05, 3.63) is 113 Å². The summed E-state index contributed by atoms with van der Waals surface area (Å²) < 4.78 is 10.7. The molecule has 5 rings (SSSR count). The van der Waals surface area contributed by atoms with Crippen LogP contribution in [0.25, 0.3) is 33.3 Å². The fourth-order valence-corrected chi connectivity index (χ4v) is 4.27. The molecule has 0 saturated carbocycles. The fourth-order valence-electron chi connectivity index (χ4n) is 4.27. The van der Waals surface area contributed by atoms with Crippen molar-refractivity contribution in [1.82, 2.24) is 15.3 Å². The molecular formula is C30H27N3O3. The minimum Gasteiger partial charge on any atom is -0.497 e. The molecule has 3 aromatic carbocycles. The molecule has 0 bridgehead atoms. The minimum atomic E-state index is -0.140. The predicted molar refractivity (Wildman–Crippen MR) is 143 cm³/mol. The summed E-state index contributed by atoms with van der Waals surface area (Å²) in [4.78, 5) is 20.0. The number of fused-ring (bicyclic) bond motifs is 1. The van der Waals surface area contributed by atoms with Crippen LogP contribution < -0.4 is 20.3 Å². The van der Waals surface area contributed by atoms with Gasteiger partial charge in [-0.05, 0) is 41.0 Å². The first-order chi connectivity index (χ1) is 17.6. The maximum Gasteiger partial charge on any atom is 0.257 e.